The van der Waals surface area contributed by atoms with Crippen LogP contribution in [0.4, 0.5) is 27.4 Å². The van der Waals surface area contributed by atoms with E-state index in [4.69, 9.17) is 10.5 Å². The maximum Gasteiger partial charge on any atom is 0.227 e. The number of hydrogen-bond acceptors (Lipinski definition) is 9. The second-order valence-corrected chi connectivity index (χ2v) is 8.99. The van der Waals surface area contributed by atoms with Crippen molar-refractivity contribution in [3.8, 4) is 11.3 Å². The molecule has 0 radical (unpaired) electrons. The van der Waals surface area contributed by atoms with Gasteiger partial charge < -0.3 is 20.7 Å². The highest BCUT2D eigenvalue weighted by molar-refractivity contribution is 5.69. The van der Waals surface area contributed by atoms with E-state index in [2.05, 4.69) is 37.0 Å². The molecule has 0 amide bonds. The molecule has 0 bridgehead atoms. The standard InChI is InChI=1S/C29H29FN8O/c1-20-3-4-21(18-34-20)27(31)19-38(32-2)25-7-5-24(6-8-25)35-29-33-10-9-28(36-29)22-15-23(30)17-26(16-22)37-11-13-39-14-12-37/h3-10,15-19H,2,11-14,31H2,1H3,(H,33,35,36)/b27-19-. The SMILES string of the molecule is C=NN(/C=C(\N)c1ccc(C)nc1)c1ccc(Nc2nccc(-c3cc(F)cc(N4CCOCC4)c3)n2)cc1. The highest BCUT2D eigenvalue weighted by Crippen LogP contribution is 2.27. The van der Waals surface area contributed by atoms with Gasteiger partial charge in [-0.05, 0) is 67.6 Å². The Labute approximate surface area is 226 Å². The summed E-state index contributed by atoms with van der Waals surface area (Å²) in [5.74, 6) is 0.0820. The zero-order valence-corrected chi connectivity index (χ0v) is 21.6. The Balaban J connectivity index is 1.31. The van der Waals surface area contributed by atoms with E-state index in [1.807, 2.05) is 49.4 Å². The lowest BCUT2D eigenvalue weighted by Crippen LogP contribution is -2.36. The molecule has 0 atom stereocenters. The van der Waals surface area contributed by atoms with Crippen molar-refractivity contribution in [2.75, 3.05) is 41.5 Å². The summed E-state index contributed by atoms with van der Waals surface area (Å²) < 4.78 is 19.9. The number of aromatic nitrogens is 3. The summed E-state index contributed by atoms with van der Waals surface area (Å²) in [6.07, 6.45) is 5.06. The number of nitrogens with zero attached hydrogens (tertiary/aromatic N) is 6. The maximum atomic E-state index is 14.5. The second kappa shape index (κ2) is 11.7. The largest absolute Gasteiger partial charge is 0.397 e. The van der Waals surface area contributed by atoms with Gasteiger partial charge in [-0.1, -0.05) is 0 Å². The van der Waals surface area contributed by atoms with Crippen LogP contribution in [0.3, 0.4) is 0 Å². The van der Waals surface area contributed by atoms with Gasteiger partial charge in [-0.3, -0.25) is 4.98 Å². The predicted molar refractivity (Wildman–Crippen MR) is 153 cm³/mol. The maximum absolute atomic E-state index is 14.5. The Bertz CT molecular complexity index is 1470. The zero-order chi connectivity index (χ0) is 27.2. The summed E-state index contributed by atoms with van der Waals surface area (Å²) in [4.78, 5) is 15.3. The fraction of sp³-hybridized carbons (Fsp3) is 0.172. The number of benzene rings is 2. The van der Waals surface area contributed by atoms with Crippen molar-refractivity contribution in [1.82, 2.24) is 15.0 Å². The lowest BCUT2D eigenvalue weighted by Gasteiger charge is -2.29. The van der Waals surface area contributed by atoms with Gasteiger partial charge in [0.1, 0.15) is 5.82 Å². The minimum Gasteiger partial charge on any atom is -0.397 e. The van der Waals surface area contributed by atoms with E-state index < -0.39 is 0 Å². The van der Waals surface area contributed by atoms with Crippen LogP contribution in [0.25, 0.3) is 17.0 Å². The lowest BCUT2D eigenvalue weighted by atomic mass is 10.1. The van der Waals surface area contributed by atoms with Crippen molar-refractivity contribution < 1.29 is 9.13 Å². The number of pyridine rings is 1. The molecule has 0 aliphatic carbocycles. The number of rotatable bonds is 8. The monoisotopic (exact) mass is 524 g/mol. The summed E-state index contributed by atoms with van der Waals surface area (Å²) >= 11 is 0. The molecular weight excluding hydrogens is 495 g/mol. The highest BCUT2D eigenvalue weighted by atomic mass is 19.1. The Hall–Kier alpha value is -4.83. The van der Waals surface area contributed by atoms with Gasteiger partial charge >= 0.3 is 0 Å². The van der Waals surface area contributed by atoms with Crippen LogP contribution in [-0.2, 0) is 4.74 Å². The molecule has 198 valence electrons. The molecule has 2 aromatic carbocycles. The van der Waals surface area contributed by atoms with E-state index in [0.717, 1.165) is 41.4 Å². The summed E-state index contributed by atoms with van der Waals surface area (Å²) in [5, 5.41) is 8.86. The number of ether oxygens (including phenoxy) is 1. The summed E-state index contributed by atoms with van der Waals surface area (Å²) in [5.41, 5.74) is 12.1. The smallest absolute Gasteiger partial charge is 0.227 e. The average Bonchev–Trinajstić information content (AvgIpc) is 2.97. The third-order valence-corrected chi connectivity index (χ3v) is 6.26. The van der Waals surface area contributed by atoms with Crippen LogP contribution in [0.15, 0.2) is 84.4 Å². The van der Waals surface area contributed by atoms with Crippen molar-refractivity contribution in [3.63, 3.8) is 0 Å². The minimum atomic E-state index is -0.314. The third-order valence-electron chi connectivity index (χ3n) is 6.26. The molecular formula is C29H29FN8O. The van der Waals surface area contributed by atoms with Gasteiger partial charge in [0.25, 0.3) is 0 Å². The van der Waals surface area contributed by atoms with E-state index in [-0.39, 0.29) is 5.82 Å². The van der Waals surface area contributed by atoms with Crippen LogP contribution >= 0.6 is 0 Å². The molecule has 2 aromatic heterocycles. The molecule has 1 aliphatic rings. The van der Waals surface area contributed by atoms with Crippen LogP contribution in [0.1, 0.15) is 11.3 Å². The molecule has 3 heterocycles. The van der Waals surface area contributed by atoms with Gasteiger partial charge in [0.15, 0.2) is 0 Å². The van der Waals surface area contributed by atoms with E-state index >= 15 is 0 Å². The van der Waals surface area contributed by atoms with E-state index in [0.29, 0.717) is 36.1 Å². The average molecular weight is 525 g/mol. The number of nitrogens with two attached hydrogens (primary N) is 1. The molecule has 1 saturated heterocycles. The topological polar surface area (TPSA) is 105 Å². The number of morpholine rings is 1. The van der Waals surface area contributed by atoms with Crippen LogP contribution in [0.2, 0.25) is 0 Å². The number of nitrogens with one attached hydrogen (secondary N) is 1. The van der Waals surface area contributed by atoms with Gasteiger partial charge in [-0.25, -0.2) is 19.4 Å². The summed E-state index contributed by atoms with van der Waals surface area (Å²) in [6.45, 7) is 8.27. The van der Waals surface area contributed by atoms with Crippen molar-refractivity contribution in [1.29, 1.82) is 0 Å². The Morgan fingerprint density at radius 3 is 2.62 bits per heavy atom. The predicted octanol–water partition coefficient (Wildman–Crippen LogP) is 4.95. The number of halogens is 1. The van der Waals surface area contributed by atoms with Crippen LogP contribution in [-0.4, -0.2) is 48.0 Å². The minimum absolute atomic E-state index is 0.314. The first kappa shape index (κ1) is 25.8. The third kappa shape index (κ3) is 6.36. The first-order valence-corrected chi connectivity index (χ1v) is 12.5. The molecule has 5 rings (SSSR count). The van der Waals surface area contributed by atoms with Crippen LogP contribution < -0.4 is 21.0 Å². The Morgan fingerprint density at radius 1 is 1.10 bits per heavy atom. The molecule has 1 aliphatic heterocycles. The van der Waals surface area contributed by atoms with Gasteiger partial charge in [0.2, 0.25) is 5.95 Å². The normalized spacial score (nSPS) is 13.7. The fourth-order valence-corrected chi connectivity index (χ4v) is 4.17. The first-order chi connectivity index (χ1) is 19.0. The molecule has 0 unspecified atom stereocenters. The molecule has 0 saturated carbocycles. The first-order valence-electron chi connectivity index (χ1n) is 12.5. The van der Waals surface area contributed by atoms with Crippen molar-refractivity contribution >= 4 is 35.4 Å². The molecule has 0 spiro atoms. The number of hydrazone groups is 1. The van der Waals surface area contributed by atoms with Gasteiger partial charge in [-0.2, -0.15) is 5.10 Å². The van der Waals surface area contributed by atoms with Gasteiger partial charge in [0, 0.05) is 60.4 Å². The van der Waals surface area contributed by atoms with Crippen molar-refractivity contribution in [2.24, 2.45) is 10.8 Å². The molecule has 10 heteroatoms. The number of hydrogen-bond donors (Lipinski definition) is 2. The lowest BCUT2D eigenvalue weighted by molar-refractivity contribution is 0.122. The fourth-order valence-electron chi connectivity index (χ4n) is 4.17. The van der Waals surface area contributed by atoms with Gasteiger partial charge in [-0.15, -0.1) is 0 Å². The van der Waals surface area contributed by atoms with E-state index in [1.165, 1.54) is 6.07 Å². The summed E-state index contributed by atoms with van der Waals surface area (Å²) in [6, 6.07) is 18.0. The van der Waals surface area contributed by atoms with E-state index in [1.54, 1.807) is 35.7 Å². The molecule has 1 fully saturated rings. The van der Waals surface area contributed by atoms with Crippen LogP contribution in [0.5, 0.6) is 0 Å². The highest BCUT2D eigenvalue weighted by Gasteiger charge is 2.14. The van der Waals surface area contributed by atoms with E-state index in [9.17, 15) is 4.39 Å². The molecule has 39 heavy (non-hydrogen) atoms. The number of anilines is 4. The molecule has 4 aromatic rings. The second-order valence-electron chi connectivity index (χ2n) is 8.99. The molecule has 9 nitrogen and oxygen atoms in total. The van der Waals surface area contributed by atoms with Crippen LogP contribution in [0, 0.1) is 12.7 Å². The summed E-state index contributed by atoms with van der Waals surface area (Å²) in [7, 11) is 0. The number of aryl methyl sites for hydroxylation is 1. The Morgan fingerprint density at radius 2 is 1.90 bits per heavy atom. The quantitative estimate of drug-likeness (QED) is 0.247. The van der Waals surface area contributed by atoms with Crippen molar-refractivity contribution in [3.05, 3.63) is 96.3 Å². The Kier molecular flexibility index (Phi) is 7.74. The van der Waals surface area contributed by atoms with Gasteiger partial charge in [0.05, 0.1) is 36.5 Å². The zero-order valence-electron chi connectivity index (χ0n) is 21.6. The molecule has 3 N–H and O–H groups in total. The van der Waals surface area contributed by atoms with Crippen molar-refractivity contribution in [2.45, 2.75) is 6.92 Å².